The average Bonchev–Trinajstić information content (AvgIpc) is 2.43. The highest BCUT2D eigenvalue weighted by atomic mass is 19.1. The van der Waals surface area contributed by atoms with Gasteiger partial charge in [0.25, 0.3) is 0 Å². The second-order valence-corrected chi connectivity index (χ2v) is 4.55. The maximum Gasteiger partial charge on any atom is 0.237 e. The number of nitrogens with zero attached hydrogens (tertiary/aromatic N) is 1. The number of methoxy groups -OCH3 is 1. The van der Waals surface area contributed by atoms with Gasteiger partial charge in [-0.05, 0) is 43.7 Å². The molecule has 5 heteroatoms. The fourth-order valence-corrected chi connectivity index (χ4v) is 1.97. The zero-order chi connectivity index (χ0) is 14.7. The van der Waals surface area contributed by atoms with E-state index in [1.807, 2.05) is 0 Å². The van der Waals surface area contributed by atoms with Gasteiger partial charge in [0.05, 0.1) is 18.8 Å². The number of pyridine rings is 1. The Morgan fingerprint density at radius 2 is 2.00 bits per heavy atom. The Hall–Kier alpha value is -2.17. The number of halogens is 2. The van der Waals surface area contributed by atoms with Gasteiger partial charge in [-0.2, -0.15) is 0 Å². The maximum atomic E-state index is 13.9. The molecule has 0 aliphatic carbocycles. The van der Waals surface area contributed by atoms with Gasteiger partial charge in [0.2, 0.25) is 5.88 Å². The first kappa shape index (κ1) is 14.2. The number of rotatable bonds is 4. The third kappa shape index (κ3) is 2.87. The number of anilines is 1. The number of aromatic nitrogens is 1. The fraction of sp³-hybridized carbons (Fsp3) is 0.267. The molecule has 0 fully saturated rings. The van der Waals surface area contributed by atoms with Gasteiger partial charge in [-0.25, -0.2) is 13.8 Å². The first-order chi connectivity index (χ1) is 9.52. The summed E-state index contributed by atoms with van der Waals surface area (Å²) in [5.74, 6) is -0.452. The molecule has 1 N–H and O–H groups in total. The van der Waals surface area contributed by atoms with Crippen molar-refractivity contribution < 1.29 is 13.5 Å². The second kappa shape index (κ2) is 5.86. The number of ether oxygens (including phenoxy) is 1. The van der Waals surface area contributed by atoms with Crippen molar-refractivity contribution in [1.82, 2.24) is 4.98 Å². The Bertz CT molecular complexity index is 617. The van der Waals surface area contributed by atoms with E-state index in [0.29, 0.717) is 11.6 Å². The van der Waals surface area contributed by atoms with Crippen LogP contribution in [0.25, 0.3) is 0 Å². The van der Waals surface area contributed by atoms with Crippen molar-refractivity contribution in [1.29, 1.82) is 0 Å². The lowest BCUT2D eigenvalue weighted by atomic mass is 10.0. The number of hydrogen-bond donors (Lipinski definition) is 1. The first-order valence-electron chi connectivity index (χ1n) is 6.24. The molecule has 0 amide bonds. The predicted octanol–water partition coefficient (Wildman–Crippen LogP) is 3.85. The Morgan fingerprint density at radius 1 is 1.25 bits per heavy atom. The highest BCUT2D eigenvalue weighted by Crippen LogP contribution is 2.27. The summed E-state index contributed by atoms with van der Waals surface area (Å²) in [6.45, 7) is 3.28. The van der Waals surface area contributed by atoms with Crippen LogP contribution in [0.2, 0.25) is 0 Å². The largest absolute Gasteiger partial charge is 0.480 e. The Labute approximate surface area is 116 Å². The number of aryl methyl sites for hydroxylation is 1. The van der Waals surface area contributed by atoms with E-state index in [4.69, 9.17) is 4.74 Å². The minimum absolute atomic E-state index is 0.263. The lowest BCUT2D eigenvalue weighted by molar-refractivity contribution is 0.399. The molecule has 0 bridgehead atoms. The van der Waals surface area contributed by atoms with Gasteiger partial charge in [-0.1, -0.05) is 0 Å². The summed E-state index contributed by atoms with van der Waals surface area (Å²) in [5, 5.41) is 3.07. The Morgan fingerprint density at radius 3 is 2.70 bits per heavy atom. The topological polar surface area (TPSA) is 34.1 Å². The summed E-state index contributed by atoms with van der Waals surface area (Å²) in [4.78, 5) is 4.05. The van der Waals surface area contributed by atoms with Crippen LogP contribution in [0.15, 0.2) is 30.5 Å². The van der Waals surface area contributed by atoms with Crippen molar-refractivity contribution in [2.75, 3.05) is 12.4 Å². The van der Waals surface area contributed by atoms with Crippen LogP contribution in [0.5, 0.6) is 5.88 Å². The van der Waals surface area contributed by atoms with Crippen molar-refractivity contribution >= 4 is 5.69 Å². The molecule has 2 aromatic rings. The molecular formula is C15H16F2N2O. The Kier molecular flexibility index (Phi) is 4.17. The van der Waals surface area contributed by atoms with E-state index in [-0.39, 0.29) is 11.1 Å². The minimum Gasteiger partial charge on any atom is -0.480 e. The van der Waals surface area contributed by atoms with Crippen LogP contribution < -0.4 is 10.1 Å². The highest BCUT2D eigenvalue weighted by molar-refractivity contribution is 5.53. The van der Waals surface area contributed by atoms with Crippen LogP contribution in [0.4, 0.5) is 14.5 Å². The molecule has 20 heavy (non-hydrogen) atoms. The standard InChI is InChI=1S/C15H16F2N2O/c1-9-7-13(17)11(8-12(9)16)10(2)19-14-5-4-6-18-15(14)20-3/h4-8,10,19H,1-3H3. The molecule has 0 aliphatic heterocycles. The number of hydrogen-bond acceptors (Lipinski definition) is 3. The van der Waals surface area contributed by atoms with Crippen molar-refractivity contribution in [2.45, 2.75) is 19.9 Å². The molecule has 1 aromatic heterocycles. The molecular weight excluding hydrogens is 262 g/mol. The Balaban J connectivity index is 2.28. The van der Waals surface area contributed by atoms with Crippen LogP contribution in [-0.2, 0) is 0 Å². The van der Waals surface area contributed by atoms with Crippen LogP contribution in [0.1, 0.15) is 24.1 Å². The molecule has 106 valence electrons. The molecule has 1 unspecified atom stereocenters. The van der Waals surface area contributed by atoms with Crippen LogP contribution in [0.3, 0.4) is 0 Å². The second-order valence-electron chi connectivity index (χ2n) is 4.55. The van der Waals surface area contributed by atoms with Gasteiger partial charge < -0.3 is 10.1 Å². The molecule has 3 nitrogen and oxygen atoms in total. The SMILES string of the molecule is COc1ncccc1NC(C)c1cc(F)c(C)cc1F. The van der Waals surface area contributed by atoms with Crippen LogP contribution in [0, 0.1) is 18.6 Å². The zero-order valence-electron chi connectivity index (χ0n) is 11.6. The van der Waals surface area contributed by atoms with E-state index in [2.05, 4.69) is 10.3 Å². The van der Waals surface area contributed by atoms with Crippen LogP contribution >= 0.6 is 0 Å². The fourth-order valence-electron chi connectivity index (χ4n) is 1.97. The third-order valence-electron chi connectivity index (χ3n) is 3.08. The third-order valence-corrected chi connectivity index (χ3v) is 3.08. The predicted molar refractivity (Wildman–Crippen MR) is 73.9 cm³/mol. The van der Waals surface area contributed by atoms with Gasteiger partial charge in [0.1, 0.15) is 11.6 Å². The summed E-state index contributed by atoms with van der Waals surface area (Å²) in [6.07, 6.45) is 1.60. The van der Waals surface area contributed by atoms with Gasteiger partial charge in [-0.15, -0.1) is 0 Å². The zero-order valence-corrected chi connectivity index (χ0v) is 11.6. The van der Waals surface area contributed by atoms with Crippen molar-refractivity contribution in [3.8, 4) is 5.88 Å². The van der Waals surface area contributed by atoms with Crippen molar-refractivity contribution in [3.63, 3.8) is 0 Å². The molecule has 0 radical (unpaired) electrons. The highest BCUT2D eigenvalue weighted by Gasteiger charge is 2.15. The number of nitrogens with one attached hydrogen (secondary N) is 1. The first-order valence-corrected chi connectivity index (χ1v) is 6.24. The van der Waals surface area contributed by atoms with Crippen molar-refractivity contribution in [2.24, 2.45) is 0 Å². The van der Waals surface area contributed by atoms with E-state index in [1.54, 1.807) is 25.3 Å². The lowest BCUT2D eigenvalue weighted by Crippen LogP contribution is -2.10. The minimum atomic E-state index is -0.438. The van der Waals surface area contributed by atoms with E-state index in [0.717, 1.165) is 0 Å². The van der Waals surface area contributed by atoms with Gasteiger partial charge in [-0.3, -0.25) is 0 Å². The maximum absolute atomic E-state index is 13.9. The molecule has 0 saturated heterocycles. The summed E-state index contributed by atoms with van der Waals surface area (Å²) < 4.78 is 32.6. The van der Waals surface area contributed by atoms with Gasteiger partial charge in [0, 0.05) is 11.8 Å². The number of benzene rings is 1. The van der Waals surface area contributed by atoms with E-state index < -0.39 is 17.7 Å². The van der Waals surface area contributed by atoms with E-state index >= 15 is 0 Å². The normalized spacial score (nSPS) is 12.1. The summed E-state index contributed by atoms with van der Waals surface area (Å²) in [6, 6.07) is 5.51. The monoisotopic (exact) mass is 278 g/mol. The molecule has 1 atom stereocenters. The molecule has 0 aliphatic rings. The smallest absolute Gasteiger partial charge is 0.237 e. The van der Waals surface area contributed by atoms with Gasteiger partial charge in [0.15, 0.2) is 0 Å². The summed E-state index contributed by atoms with van der Waals surface area (Å²) in [7, 11) is 1.50. The summed E-state index contributed by atoms with van der Waals surface area (Å²) in [5.41, 5.74) is 1.18. The average molecular weight is 278 g/mol. The molecule has 0 spiro atoms. The van der Waals surface area contributed by atoms with Gasteiger partial charge >= 0.3 is 0 Å². The lowest BCUT2D eigenvalue weighted by Gasteiger charge is -2.18. The molecule has 0 saturated carbocycles. The van der Waals surface area contributed by atoms with E-state index in [9.17, 15) is 8.78 Å². The van der Waals surface area contributed by atoms with Crippen molar-refractivity contribution in [3.05, 3.63) is 53.2 Å². The molecule has 2 rings (SSSR count). The molecule has 1 heterocycles. The van der Waals surface area contributed by atoms with Crippen LogP contribution in [-0.4, -0.2) is 12.1 Å². The van der Waals surface area contributed by atoms with E-state index in [1.165, 1.54) is 26.2 Å². The summed E-state index contributed by atoms with van der Waals surface area (Å²) >= 11 is 0. The molecule has 1 aromatic carbocycles. The quantitative estimate of drug-likeness (QED) is 0.922.